The smallest absolute Gasteiger partial charge is 0.192 e. The average Bonchev–Trinajstić information content (AvgIpc) is 3.09. The molecule has 0 spiro atoms. The predicted octanol–water partition coefficient (Wildman–Crippen LogP) is 4.51. The van der Waals surface area contributed by atoms with Gasteiger partial charge in [0.2, 0.25) is 0 Å². The van der Waals surface area contributed by atoms with Crippen molar-refractivity contribution in [3.8, 4) is 11.4 Å². The van der Waals surface area contributed by atoms with Crippen LogP contribution in [-0.2, 0) is 12.3 Å². The number of nitrogens with zero attached hydrogens (tertiary/aromatic N) is 5. The van der Waals surface area contributed by atoms with E-state index in [9.17, 15) is 4.39 Å². The molecule has 0 aliphatic rings. The molecule has 7 heteroatoms. The van der Waals surface area contributed by atoms with Gasteiger partial charge in [0, 0.05) is 41.8 Å². The number of hydrogen-bond donors (Lipinski definition) is 0. The molecule has 27 heavy (non-hydrogen) atoms. The van der Waals surface area contributed by atoms with Gasteiger partial charge in [-0.15, -0.1) is 16.8 Å². The number of halogens is 1. The molecule has 3 aromatic heterocycles. The number of rotatable bonds is 6. The Labute approximate surface area is 160 Å². The molecule has 0 amide bonds. The summed E-state index contributed by atoms with van der Waals surface area (Å²) in [6.45, 7) is 4.40. The topological polar surface area (TPSA) is 56.5 Å². The van der Waals surface area contributed by atoms with E-state index in [1.807, 2.05) is 22.8 Å². The van der Waals surface area contributed by atoms with Gasteiger partial charge in [-0.2, -0.15) is 0 Å². The first-order chi connectivity index (χ1) is 13.3. The molecule has 1 aromatic carbocycles. The monoisotopic (exact) mass is 377 g/mol. The normalized spacial score (nSPS) is 11.0. The average molecular weight is 377 g/mol. The van der Waals surface area contributed by atoms with Crippen molar-refractivity contribution in [3.63, 3.8) is 0 Å². The van der Waals surface area contributed by atoms with E-state index in [1.54, 1.807) is 30.7 Å². The van der Waals surface area contributed by atoms with Crippen LogP contribution in [0.15, 0.2) is 72.8 Å². The van der Waals surface area contributed by atoms with Crippen molar-refractivity contribution in [2.45, 2.75) is 17.5 Å². The summed E-state index contributed by atoms with van der Waals surface area (Å²) in [5.74, 6) is 1.02. The lowest BCUT2D eigenvalue weighted by molar-refractivity contribution is 0.628. The minimum absolute atomic E-state index is 0.267. The summed E-state index contributed by atoms with van der Waals surface area (Å²) >= 11 is 1.50. The number of allylic oxidation sites excluding steroid dienone is 1. The third-order valence-corrected chi connectivity index (χ3v) is 5.09. The molecule has 0 saturated heterocycles. The zero-order chi connectivity index (χ0) is 18.6. The van der Waals surface area contributed by atoms with Crippen molar-refractivity contribution in [1.29, 1.82) is 0 Å². The second kappa shape index (κ2) is 7.67. The second-order valence-corrected chi connectivity index (χ2v) is 6.81. The van der Waals surface area contributed by atoms with Gasteiger partial charge in [0.15, 0.2) is 11.0 Å². The molecule has 0 bridgehead atoms. The standard InChI is InChI=1S/C20H16FN5S/c1-2-10-26-19(14-5-8-22-9-6-14)24-25-20(26)27-13-16-12-17(21)11-15-4-3-7-23-18(15)16/h2-9,11-12H,1,10,13H2. The van der Waals surface area contributed by atoms with Gasteiger partial charge in [-0.25, -0.2) is 4.39 Å². The zero-order valence-corrected chi connectivity index (χ0v) is 15.2. The van der Waals surface area contributed by atoms with Crippen LogP contribution in [0.4, 0.5) is 4.39 Å². The van der Waals surface area contributed by atoms with Gasteiger partial charge < -0.3 is 0 Å². The molecule has 0 aliphatic heterocycles. The molecular formula is C20H16FN5S. The zero-order valence-electron chi connectivity index (χ0n) is 14.4. The van der Waals surface area contributed by atoms with E-state index >= 15 is 0 Å². The highest BCUT2D eigenvalue weighted by Gasteiger charge is 2.14. The Morgan fingerprint density at radius 1 is 1.11 bits per heavy atom. The van der Waals surface area contributed by atoms with Crippen LogP contribution in [0.2, 0.25) is 0 Å². The van der Waals surface area contributed by atoms with Crippen LogP contribution in [0, 0.1) is 5.82 Å². The Bertz CT molecular complexity index is 1090. The number of thioether (sulfide) groups is 1. The van der Waals surface area contributed by atoms with Crippen LogP contribution in [0.1, 0.15) is 5.56 Å². The summed E-state index contributed by atoms with van der Waals surface area (Å²) in [5, 5.41) is 10.2. The van der Waals surface area contributed by atoms with E-state index in [0.29, 0.717) is 12.3 Å². The van der Waals surface area contributed by atoms with Crippen LogP contribution in [0.25, 0.3) is 22.3 Å². The molecule has 0 unspecified atom stereocenters. The number of fused-ring (bicyclic) bond motifs is 1. The Morgan fingerprint density at radius 2 is 1.96 bits per heavy atom. The van der Waals surface area contributed by atoms with Crippen LogP contribution in [0.3, 0.4) is 0 Å². The Kier molecular flexibility index (Phi) is 4.93. The summed E-state index contributed by atoms with van der Waals surface area (Å²) in [4.78, 5) is 8.44. The summed E-state index contributed by atoms with van der Waals surface area (Å²) in [6, 6.07) is 10.5. The molecule has 0 saturated carbocycles. The van der Waals surface area contributed by atoms with E-state index in [0.717, 1.165) is 33.0 Å². The maximum Gasteiger partial charge on any atom is 0.192 e. The Hall–Kier alpha value is -3.06. The minimum Gasteiger partial charge on any atom is -0.298 e. The number of hydrogen-bond acceptors (Lipinski definition) is 5. The van der Waals surface area contributed by atoms with Crippen LogP contribution in [0.5, 0.6) is 0 Å². The van der Waals surface area contributed by atoms with Gasteiger partial charge in [-0.1, -0.05) is 23.9 Å². The maximum absolute atomic E-state index is 14.0. The predicted molar refractivity (Wildman–Crippen MR) is 105 cm³/mol. The fourth-order valence-electron chi connectivity index (χ4n) is 2.88. The number of aromatic nitrogens is 5. The third kappa shape index (κ3) is 3.59. The largest absolute Gasteiger partial charge is 0.298 e. The van der Waals surface area contributed by atoms with Crippen molar-refractivity contribution < 1.29 is 4.39 Å². The van der Waals surface area contributed by atoms with E-state index in [2.05, 4.69) is 26.7 Å². The van der Waals surface area contributed by atoms with Crippen LogP contribution in [-0.4, -0.2) is 24.7 Å². The first-order valence-electron chi connectivity index (χ1n) is 8.36. The van der Waals surface area contributed by atoms with Crippen molar-refractivity contribution in [1.82, 2.24) is 24.7 Å². The van der Waals surface area contributed by atoms with E-state index in [1.165, 1.54) is 23.9 Å². The summed E-state index contributed by atoms with van der Waals surface area (Å²) in [6.07, 6.45) is 6.96. The highest BCUT2D eigenvalue weighted by Crippen LogP contribution is 2.29. The Balaban J connectivity index is 1.66. The second-order valence-electron chi connectivity index (χ2n) is 5.87. The van der Waals surface area contributed by atoms with Crippen molar-refractivity contribution in [2.24, 2.45) is 0 Å². The first kappa shape index (κ1) is 17.4. The minimum atomic E-state index is -0.267. The summed E-state index contributed by atoms with van der Waals surface area (Å²) in [7, 11) is 0. The highest BCUT2D eigenvalue weighted by atomic mass is 32.2. The number of benzene rings is 1. The lowest BCUT2D eigenvalue weighted by Crippen LogP contribution is -2.01. The SMILES string of the molecule is C=CCn1c(SCc2cc(F)cc3cccnc23)nnc1-c1ccncc1. The molecule has 0 fully saturated rings. The van der Waals surface area contributed by atoms with Gasteiger partial charge in [-0.3, -0.25) is 14.5 Å². The molecule has 0 aliphatic carbocycles. The molecule has 3 heterocycles. The lowest BCUT2D eigenvalue weighted by Gasteiger charge is -2.09. The highest BCUT2D eigenvalue weighted by molar-refractivity contribution is 7.98. The first-order valence-corrected chi connectivity index (χ1v) is 9.35. The molecular weight excluding hydrogens is 361 g/mol. The summed E-state index contributed by atoms with van der Waals surface area (Å²) in [5.41, 5.74) is 2.56. The van der Waals surface area contributed by atoms with Crippen LogP contribution >= 0.6 is 11.8 Å². The molecule has 5 nitrogen and oxygen atoms in total. The fourth-order valence-corrected chi connectivity index (χ4v) is 3.80. The van der Waals surface area contributed by atoms with Gasteiger partial charge in [0.05, 0.1) is 5.52 Å². The van der Waals surface area contributed by atoms with Crippen molar-refractivity contribution >= 4 is 22.7 Å². The Morgan fingerprint density at radius 3 is 2.78 bits per heavy atom. The third-order valence-electron chi connectivity index (χ3n) is 4.07. The molecule has 0 atom stereocenters. The maximum atomic E-state index is 14.0. The van der Waals surface area contributed by atoms with E-state index in [-0.39, 0.29) is 5.82 Å². The quantitative estimate of drug-likeness (QED) is 0.366. The van der Waals surface area contributed by atoms with E-state index < -0.39 is 0 Å². The molecule has 134 valence electrons. The van der Waals surface area contributed by atoms with Crippen molar-refractivity contribution in [3.05, 3.63) is 79.0 Å². The van der Waals surface area contributed by atoms with Gasteiger partial charge in [0.1, 0.15) is 5.82 Å². The van der Waals surface area contributed by atoms with Gasteiger partial charge in [0.25, 0.3) is 0 Å². The molecule has 0 N–H and O–H groups in total. The van der Waals surface area contributed by atoms with Gasteiger partial charge in [-0.05, 0) is 35.9 Å². The number of pyridine rings is 2. The molecule has 4 rings (SSSR count). The van der Waals surface area contributed by atoms with Crippen LogP contribution < -0.4 is 0 Å². The van der Waals surface area contributed by atoms with Crippen molar-refractivity contribution in [2.75, 3.05) is 0 Å². The fraction of sp³-hybridized carbons (Fsp3) is 0.100. The molecule has 0 radical (unpaired) electrons. The molecule has 4 aromatic rings. The van der Waals surface area contributed by atoms with Gasteiger partial charge >= 0.3 is 0 Å². The van der Waals surface area contributed by atoms with E-state index in [4.69, 9.17) is 0 Å². The lowest BCUT2D eigenvalue weighted by atomic mass is 10.1. The summed E-state index contributed by atoms with van der Waals surface area (Å²) < 4.78 is 15.9.